The minimum atomic E-state index is -0.329. The van der Waals surface area contributed by atoms with Crippen LogP contribution in [0.5, 0.6) is 0 Å². The number of H-pyrrole nitrogens is 1. The van der Waals surface area contributed by atoms with Gasteiger partial charge in [-0.25, -0.2) is 4.68 Å². The predicted molar refractivity (Wildman–Crippen MR) is 140 cm³/mol. The number of benzene rings is 2. The van der Waals surface area contributed by atoms with Crippen molar-refractivity contribution in [3.63, 3.8) is 0 Å². The van der Waals surface area contributed by atoms with Crippen LogP contribution in [0.1, 0.15) is 47.0 Å². The van der Waals surface area contributed by atoms with Gasteiger partial charge in [0.05, 0.1) is 13.2 Å². The zero-order chi connectivity index (χ0) is 25.1. The van der Waals surface area contributed by atoms with Crippen molar-refractivity contribution >= 4 is 10.9 Å². The predicted octanol–water partition coefficient (Wildman–Crippen LogP) is 3.82. The first kappa shape index (κ1) is 24.3. The number of aromatic amines is 1. The number of nitrogens with one attached hydrogen (secondary N) is 1. The van der Waals surface area contributed by atoms with Gasteiger partial charge in [-0.2, -0.15) is 0 Å². The number of aromatic nitrogens is 5. The highest BCUT2D eigenvalue weighted by Crippen LogP contribution is 2.32. The van der Waals surface area contributed by atoms with E-state index in [-0.39, 0.29) is 11.6 Å². The Kier molecular flexibility index (Phi) is 7.25. The topological polar surface area (TPSA) is 88.9 Å². The third kappa shape index (κ3) is 5.10. The van der Waals surface area contributed by atoms with Crippen molar-refractivity contribution in [1.82, 2.24) is 30.1 Å². The van der Waals surface area contributed by atoms with E-state index in [0.717, 1.165) is 48.8 Å². The van der Waals surface area contributed by atoms with Gasteiger partial charge >= 0.3 is 0 Å². The second-order valence-electron chi connectivity index (χ2n) is 9.90. The minimum Gasteiger partial charge on any atom is -0.383 e. The molecule has 1 aliphatic heterocycles. The third-order valence-corrected chi connectivity index (χ3v) is 7.47. The maximum atomic E-state index is 13.5. The molecule has 36 heavy (non-hydrogen) atoms. The Morgan fingerprint density at radius 3 is 2.58 bits per heavy atom. The molecule has 0 spiro atoms. The first-order chi connectivity index (χ1) is 17.5. The lowest BCUT2D eigenvalue weighted by atomic mass is 9.89. The van der Waals surface area contributed by atoms with Crippen LogP contribution in [0.2, 0.25) is 0 Å². The van der Waals surface area contributed by atoms with Gasteiger partial charge in [-0.15, -0.1) is 5.10 Å². The van der Waals surface area contributed by atoms with Gasteiger partial charge in [0.2, 0.25) is 0 Å². The molecule has 1 unspecified atom stereocenters. The molecule has 0 amide bonds. The Labute approximate surface area is 211 Å². The highest BCUT2D eigenvalue weighted by Gasteiger charge is 2.33. The summed E-state index contributed by atoms with van der Waals surface area (Å²) in [5.74, 6) is 1.30. The summed E-state index contributed by atoms with van der Waals surface area (Å²) >= 11 is 0. The van der Waals surface area contributed by atoms with Crippen LogP contribution in [0.4, 0.5) is 0 Å². The maximum Gasteiger partial charge on any atom is 0.253 e. The van der Waals surface area contributed by atoms with E-state index in [9.17, 15) is 4.79 Å². The standard InChI is InChI=1S/C28H34N6O2/c1-19-15-23-18-24(28(35)29-25(23)16-20(19)2)26(27-30-31-32-34(27)13-14-36-3)33-11-9-22(10-12-33)17-21-7-5-4-6-8-21/h4-8,15-16,18,22,26H,9-14,17H2,1-3H3,(H,29,35). The third-order valence-electron chi connectivity index (χ3n) is 7.47. The number of rotatable bonds is 8. The Balaban J connectivity index is 1.49. The number of pyridine rings is 1. The Morgan fingerprint density at radius 2 is 1.83 bits per heavy atom. The molecule has 2 aromatic heterocycles. The van der Waals surface area contributed by atoms with E-state index in [1.54, 1.807) is 11.8 Å². The number of hydrogen-bond donors (Lipinski definition) is 1. The summed E-state index contributed by atoms with van der Waals surface area (Å²) in [6, 6.07) is 16.6. The van der Waals surface area contributed by atoms with Gasteiger partial charge in [-0.1, -0.05) is 30.3 Å². The maximum absolute atomic E-state index is 13.5. The average molecular weight is 487 g/mol. The van der Waals surface area contributed by atoms with Crippen LogP contribution in [0.25, 0.3) is 10.9 Å². The van der Waals surface area contributed by atoms with Gasteiger partial charge < -0.3 is 9.72 Å². The van der Waals surface area contributed by atoms with Crippen LogP contribution >= 0.6 is 0 Å². The molecule has 3 heterocycles. The van der Waals surface area contributed by atoms with Crippen molar-refractivity contribution < 1.29 is 4.74 Å². The van der Waals surface area contributed by atoms with Gasteiger partial charge in [-0.3, -0.25) is 9.69 Å². The second-order valence-corrected chi connectivity index (χ2v) is 9.90. The van der Waals surface area contributed by atoms with E-state index < -0.39 is 0 Å². The van der Waals surface area contributed by atoms with Crippen molar-refractivity contribution in [3.05, 3.63) is 87.0 Å². The number of nitrogens with zero attached hydrogens (tertiary/aromatic N) is 5. The number of methoxy groups -OCH3 is 1. The highest BCUT2D eigenvalue weighted by atomic mass is 16.5. The zero-order valence-electron chi connectivity index (χ0n) is 21.3. The molecule has 8 nitrogen and oxygen atoms in total. The number of ether oxygens (including phenoxy) is 1. The largest absolute Gasteiger partial charge is 0.383 e. The number of tetrazole rings is 1. The molecular weight excluding hydrogens is 452 g/mol. The van der Waals surface area contributed by atoms with E-state index in [1.807, 2.05) is 12.1 Å². The number of hydrogen-bond acceptors (Lipinski definition) is 6. The van der Waals surface area contributed by atoms with Gasteiger partial charge in [0.15, 0.2) is 5.82 Å². The normalized spacial score (nSPS) is 16.0. The van der Waals surface area contributed by atoms with Crippen LogP contribution in [-0.2, 0) is 17.7 Å². The summed E-state index contributed by atoms with van der Waals surface area (Å²) in [5.41, 5.74) is 5.18. The van der Waals surface area contributed by atoms with E-state index in [4.69, 9.17) is 4.74 Å². The molecule has 1 aliphatic rings. The monoisotopic (exact) mass is 486 g/mol. The summed E-state index contributed by atoms with van der Waals surface area (Å²) in [4.78, 5) is 19.0. The molecule has 2 aromatic carbocycles. The van der Waals surface area contributed by atoms with Crippen molar-refractivity contribution in [2.24, 2.45) is 5.92 Å². The van der Waals surface area contributed by atoms with E-state index >= 15 is 0 Å². The zero-order valence-corrected chi connectivity index (χ0v) is 21.3. The van der Waals surface area contributed by atoms with Crippen LogP contribution in [0, 0.1) is 19.8 Å². The molecule has 1 saturated heterocycles. The molecule has 1 atom stereocenters. The molecule has 5 rings (SSSR count). The molecule has 4 aromatic rings. The smallest absolute Gasteiger partial charge is 0.253 e. The van der Waals surface area contributed by atoms with Crippen molar-refractivity contribution in [2.45, 2.75) is 45.7 Å². The van der Waals surface area contributed by atoms with Crippen LogP contribution in [-0.4, -0.2) is 56.9 Å². The Morgan fingerprint density at radius 1 is 1.08 bits per heavy atom. The quantitative estimate of drug-likeness (QED) is 0.407. The number of likely N-dealkylation sites (tertiary alicyclic amines) is 1. The fourth-order valence-electron chi connectivity index (χ4n) is 5.30. The Hall–Kier alpha value is -3.36. The van der Waals surface area contributed by atoms with Crippen molar-refractivity contribution in [3.8, 4) is 0 Å². The summed E-state index contributed by atoms with van der Waals surface area (Å²) in [6.07, 6.45) is 3.21. The lowest BCUT2D eigenvalue weighted by molar-refractivity contribution is 0.138. The van der Waals surface area contributed by atoms with Gasteiger partial charge in [0.1, 0.15) is 6.04 Å². The summed E-state index contributed by atoms with van der Waals surface area (Å²) in [6.45, 7) is 6.95. The Bertz CT molecular complexity index is 1370. The lowest BCUT2D eigenvalue weighted by Gasteiger charge is -2.37. The molecule has 8 heteroatoms. The summed E-state index contributed by atoms with van der Waals surface area (Å²) in [7, 11) is 1.66. The molecule has 1 N–H and O–H groups in total. The second kappa shape index (κ2) is 10.7. The number of fused-ring (bicyclic) bond motifs is 1. The van der Waals surface area contributed by atoms with Gasteiger partial charge in [-0.05, 0) is 103 Å². The molecule has 0 saturated carbocycles. The van der Waals surface area contributed by atoms with E-state index in [1.165, 1.54) is 11.1 Å². The van der Waals surface area contributed by atoms with Crippen molar-refractivity contribution in [2.75, 3.05) is 26.8 Å². The molecule has 0 bridgehead atoms. The first-order valence-corrected chi connectivity index (χ1v) is 12.7. The number of aryl methyl sites for hydroxylation is 2. The van der Waals surface area contributed by atoms with E-state index in [0.29, 0.717) is 30.5 Å². The van der Waals surface area contributed by atoms with Crippen molar-refractivity contribution in [1.29, 1.82) is 0 Å². The van der Waals surface area contributed by atoms with Crippen LogP contribution in [0.3, 0.4) is 0 Å². The molecule has 188 valence electrons. The molecule has 1 fully saturated rings. The SMILES string of the molecule is COCCn1nnnc1C(c1cc2cc(C)c(C)cc2[nH]c1=O)N1CCC(Cc2ccccc2)CC1. The molecule has 0 radical (unpaired) electrons. The summed E-state index contributed by atoms with van der Waals surface area (Å²) in [5, 5.41) is 13.6. The highest BCUT2D eigenvalue weighted by molar-refractivity contribution is 5.81. The van der Waals surface area contributed by atoms with E-state index in [2.05, 4.69) is 75.7 Å². The van der Waals surface area contributed by atoms with Crippen LogP contribution in [0.15, 0.2) is 53.3 Å². The van der Waals surface area contributed by atoms with Crippen LogP contribution < -0.4 is 5.56 Å². The summed E-state index contributed by atoms with van der Waals surface area (Å²) < 4.78 is 7.05. The molecular formula is C28H34N6O2. The molecule has 0 aliphatic carbocycles. The fourth-order valence-corrected chi connectivity index (χ4v) is 5.30. The first-order valence-electron chi connectivity index (χ1n) is 12.7. The van der Waals surface area contributed by atoms with Gasteiger partial charge in [0.25, 0.3) is 5.56 Å². The lowest BCUT2D eigenvalue weighted by Crippen LogP contribution is -2.41. The number of piperidine rings is 1. The fraction of sp³-hybridized carbons (Fsp3) is 0.429. The average Bonchev–Trinajstić information content (AvgIpc) is 3.34. The minimum absolute atomic E-state index is 0.0940. The van der Waals surface area contributed by atoms with Gasteiger partial charge in [0, 0.05) is 18.2 Å².